The molecule has 1 amide bonds. The topological polar surface area (TPSA) is 42.2 Å². The van der Waals surface area contributed by atoms with Gasteiger partial charge in [0.1, 0.15) is 5.76 Å². The van der Waals surface area contributed by atoms with Gasteiger partial charge in [0.15, 0.2) is 0 Å². The highest BCUT2D eigenvalue weighted by Gasteiger charge is 2.23. The molecule has 1 heterocycles. The van der Waals surface area contributed by atoms with Crippen molar-refractivity contribution in [3.8, 4) is 0 Å². The number of halogens is 1. The number of hydrogen-bond donors (Lipinski definition) is 1. The first kappa shape index (κ1) is 15.2. The van der Waals surface area contributed by atoms with Gasteiger partial charge in [-0.2, -0.15) is 0 Å². The van der Waals surface area contributed by atoms with Gasteiger partial charge in [-0.1, -0.05) is 23.7 Å². The van der Waals surface area contributed by atoms with Gasteiger partial charge in [0.05, 0.1) is 12.3 Å². The summed E-state index contributed by atoms with van der Waals surface area (Å²) in [6.45, 7) is 0. The lowest BCUT2D eigenvalue weighted by Gasteiger charge is -2.22. The molecule has 0 aliphatic heterocycles. The fourth-order valence-corrected chi connectivity index (χ4v) is 3.13. The molecule has 1 atom stereocenters. The molecule has 4 heteroatoms. The molecule has 0 saturated carbocycles. The molecule has 0 saturated heterocycles. The largest absolute Gasteiger partial charge is 0.469 e. The molecule has 0 spiro atoms. The average Bonchev–Trinajstić information content (AvgIpc) is 2.99. The number of furan rings is 1. The fraction of sp³-hybridized carbons (Fsp3) is 0.389. The summed E-state index contributed by atoms with van der Waals surface area (Å²) in [7, 11) is 0. The lowest BCUT2D eigenvalue weighted by atomic mass is 9.93. The number of benzene rings is 1. The van der Waals surface area contributed by atoms with E-state index in [0.29, 0.717) is 6.42 Å². The van der Waals surface area contributed by atoms with E-state index in [1.807, 2.05) is 30.3 Å². The SMILES string of the molecule is O=C(CCCc1ccc(Cl)cc1)NC1CCCc2occc21. The number of carbonyl (C=O) groups is 1. The predicted molar refractivity (Wildman–Crippen MR) is 86.9 cm³/mol. The van der Waals surface area contributed by atoms with E-state index in [2.05, 4.69) is 5.32 Å². The van der Waals surface area contributed by atoms with Crippen molar-refractivity contribution in [1.29, 1.82) is 0 Å². The van der Waals surface area contributed by atoms with Crippen LogP contribution < -0.4 is 5.32 Å². The normalized spacial score (nSPS) is 17.0. The lowest BCUT2D eigenvalue weighted by molar-refractivity contribution is -0.122. The smallest absolute Gasteiger partial charge is 0.220 e. The zero-order valence-corrected chi connectivity index (χ0v) is 13.2. The van der Waals surface area contributed by atoms with Crippen LogP contribution in [0.2, 0.25) is 5.02 Å². The van der Waals surface area contributed by atoms with Crippen molar-refractivity contribution in [1.82, 2.24) is 5.32 Å². The summed E-state index contributed by atoms with van der Waals surface area (Å²) >= 11 is 5.86. The Morgan fingerprint density at radius 1 is 1.27 bits per heavy atom. The highest BCUT2D eigenvalue weighted by molar-refractivity contribution is 6.30. The zero-order chi connectivity index (χ0) is 15.4. The summed E-state index contributed by atoms with van der Waals surface area (Å²) in [4.78, 5) is 12.1. The number of amides is 1. The van der Waals surface area contributed by atoms with E-state index in [1.54, 1.807) is 6.26 Å². The van der Waals surface area contributed by atoms with E-state index in [4.69, 9.17) is 16.0 Å². The quantitative estimate of drug-likeness (QED) is 0.885. The van der Waals surface area contributed by atoms with Crippen LogP contribution in [-0.2, 0) is 17.6 Å². The number of carbonyl (C=O) groups excluding carboxylic acids is 1. The number of hydrogen-bond acceptors (Lipinski definition) is 2. The molecule has 1 aromatic carbocycles. The zero-order valence-electron chi connectivity index (χ0n) is 12.5. The van der Waals surface area contributed by atoms with E-state index in [-0.39, 0.29) is 11.9 Å². The maximum Gasteiger partial charge on any atom is 0.220 e. The Balaban J connectivity index is 1.46. The van der Waals surface area contributed by atoms with E-state index >= 15 is 0 Å². The summed E-state index contributed by atoms with van der Waals surface area (Å²) in [5, 5.41) is 3.88. The minimum Gasteiger partial charge on any atom is -0.469 e. The molecule has 1 unspecified atom stereocenters. The summed E-state index contributed by atoms with van der Waals surface area (Å²) in [6.07, 6.45) is 7.05. The van der Waals surface area contributed by atoms with Crippen molar-refractivity contribution in [2.45, 2.75) is 44.6 Å². The van der Waals surface area contributed by atoms with E-state index in [1.165, 1.54) is 5.56 Å². The van der Waals surface area contributed by atoms with E-state index in [9.17, 15) is 4.79 Å². The van der Waals surface area contributed by atoms with Gasteiger partial charge in [-0.15, -0.1) is 0 Å². The highest BCUT2D eigenvalue weighted by atomic mass is 35.5. The van der Waals surface area contributed by atoms with Gasteiger partial charge in [0.25, 0.3) is 0 Å². The van der Waals surface area contributed by atoms with Crippen LogP contribution in [0, 0.1) is 0 Å². The van der Waals surface area contributed by atoms with Crippen LogP contribution >= 0.6 is 11.6 Å². The summed E-state index contributed by atoms with van der Waals surface area (Å²) in [5.41, 5.74) is 2.37. The minimum atomic E-state index is 0.116. The molecular weight excluding hydrogens is 298 g/mol. The Kier molecular flexibility index (Phi) is 4.84. The van der Waals surface area contributed by atoms with E-state index in [0.717, 1.165) is 48.5 Å². The molecule has 1 aromatic heterocycles. The van der Waals surface area contributed by atoms with Crippen molar-refractivity contribution in [2.75, 3.05) is 0 Å². The number of nitrogens with one attached hydrogen (secondary N) is 1. The molecule has 22 heavy (non-hydrogen) atoms. The Bertz CT molecular complexity index is 633. The molecule has 2 aromatic rings. The van der Waals surface area contributed by atoms with Crippen LogP contribution in [0.25, 0.3) is 0 Å². The van der Waals surface area contributed by atoms with Gasteiger partial charge < -0.3 is 9.73 Å². The van der Waals surface area contributed by atoms with Crippen LogP contribution in [0.15, 0.2) is 41.0 Å². The standard InChI is InChI=1S/C18H20ClNO2/c19-14-9-7-13(8-10-14)3-1-6-18(21)20-16-4-2-5-17-15(16)11-12-22-17/h7-12,16H,1-6H2,(H,20,21). The van der Waals surface area contributed by atoms with Crippen molar-refractivity contribution in [3.05, 3.63) is 58.5 Å². The van der Waals surface area contributed by atoms with Crippen LogP contribution in [0.5, 0.6) is 0 Å². The summed E-state index contributed by atoms with van der Waals surface area (Å²) in [5.74, 6) is 1.14. The third kappa shape index (κ3) is 3.72. The number of aryl methyl sites for hydroxylation is 2. The third-order valence-corrected chi connectivity index (χ3v) is 4.42. The maximum atomic E-state index is 12.1. The first-order valence-corrected chi connectivity index (χ1v) is 8.20. The van der Waals surface area contributed by atoms with Gasteiger partial charge >= 0.3 is 0 Å². The number of fused-ring (bicyclic) bond motifs is 1. The van der Waals surface area contributed by atoms with Gasteiger partial charge in [-0.25, -0.2) is 0 Å². The van der Waals surface area contributed by atoms with Crippen LogP contribution in [-0.4, -0.2) is 5.91 Å². The average molecular weight is 318 g/mol. The molecule has 1 aliphatic rings. The molecule has 0 fully saturated rings. The Morgan fingerprint density at radius 3 is 2.91 bits per heavy atom. The van der Waals surface area contributed by atoms with Gasteiger partial charge in [0, 0.05) is 23.4 Å². The second-order valence-electron chi connectivity index (χ2n) is 5.79. The molecule has 3 nitrogen and oxygen atoms in total. The Hall–Kier alpha value is -1.74. The first-order chi connectivity index (χ1) is 10.7. The molecule has 1 N–H and O–H groups in total. The highest BCUT2D eigenvalue weighted by Crippen LogP contribution is 2.30. The molecule has 116 valence electrons. The molecule has 0 radical (unpaired) electrons. The van der Waals surface area contributed by atoms with Crippen molar-refractivity contribution in [3.63, 3.8) is 0 Å². The van der Waals surface area contributed by atoms with Gasteiger partial charge in [0.2, 0.25) is 5.91 Å². The van der Waals surface area contributed by atoms with Crippen molar-refractivity contribution >= 4 is 17.5 Å². The molecule has 1 aliphatic carbocycles. The fourth-order valence-electron chi connectivity index (χ4n) is 3.01. The number of rotatable bonds is 5. The van der Waals surface area contributed by atoms with Crippen molar-refractivity contribution in [2.24, 2.45) is 0 Å². The lowest BCUT2D eigenvalue weighted by Crippen LogP contribution is -2.30. The predicted octanol–water partition coefficient (Wildman–Crippen LogP) is 4.45. The van der Waals surface area contributed by atoms with Crippen LogP contribution in [0.1, 0.15) is 48.6 Å². The first-order valence-electron chi connectivity index (χ1n) is 7.82. The minimum absolute atomic E-state index is 0.116. The second kappa shape index (κ2) is 7.01. The monoisotopic (exact) mass is 317 g/mol. The van der Waals surface area contributed by atoms with E-state index < -0.39 is 0 Å². The second-order valence-corrected chi connectivity index (χ2v) is 6.23. The van der Waals surface area contributed by atoms with Gasteiger partial charge in [-0.3, -0.25) is 4.79 Å². The Morgan fingerprint density at radius 2 is 2.09 bits per heavy atom. The maximum absolute atomic E-state index is 12.1. The van der Waals surface area contributed by atoms with Crippen LogP contribution in [0.3, 0.4) is 0 Å². The molecule has 0 bridgehead atoms. The third-order valence-electron chi connectivity index (χ3n) is 4.17. The Labute approximate surface area is 135 Å². The summed E-state index contributed by atoms with van der Waals surface area (Å²) in [6, 6.07) is 9.90. The summed E-state index contributed by atoms with van der Waals surface area (Å²) < 4.78 is 5.45. The van der Waals surface area contributed by atoms with Crippen molar-refractivity contribution < 1.29 is 9.21 Å². The molecule has 3 rings (SSSR count). The van der Waals surface area contributed by atoms with Gasteiger partial charge in [-0.05, 0) is 49.4 Å². The molecular formula is C18H20ClNO2. The van der Waals surface area contributed by atoms with Crippen LogP contribution in [0.4, 0.5) is 0 Å².